The predicted octanol–water partition coefficient (Wildman–Crippen LogP) is 4.70. The van der Waals surface area contributed by atoms with Crippen LogP contribution in [0, 0.1) is 5.92 Å². The van der Waals surface area contributed by atoms with E-state index >= 15 is 0 Å². The van der Waals surface area contributed by atoms with Gasteiger partial charge in [-0.05, 0) is 61.1 Å². The second-order valence-electron chi connectivity index (χ2n) is 8.33. The van der Waals surface area contributed by atoms with Gasteiger partial charge in [-0.2, -0.15) is 13.2 Å². The molecule has 0 radical (unpaired) electrons. The van der Waals surface area contributed by atoms with Crippen molar-refractivity contribution in [3.8, 4) is 0 Å². The molecule has 2 aromatic carbocycles. The molecule has 4 rings (SSSR count). The van der Waals surface area contributed by atoms with Gasteiger partial charge in [-0.1, -0.05) is 24.6 Å². The zero-order chi connectivity index (χ0) is 23.6. The standard InChI is InChI=1S/C23H24F3N3O3S/c24-23(25,26)16-10-8-15(9-11-16)19-14-20(19)22(30)28-17-5-4-6-18(13-17)33(31,32)29-21-7-2-1-3-12-27-21/h4-6,8-11,13,19-20H,1-3,7,12,14H2,(H,27,29)(H,28,30). The molecule has 2 aromatic rings. The maximum Gasteiger partial charge on any atom is 0.416 e. The van der Waals surface area contributed by atoms with Gasteiger partial charge in [-0.3, -0.25) is 14.5 Å². The number of nitrogens with one attached hydrogen (secondary N) is 2. The molecule has 2 N–H and O–H groups in total. The monoisotopic (exact) mass is 479 g/mol. The highest BCUT2D eigenvalue weighted by molar-refractivity contribution is 7.90. The number of amides is 1. The average Bonchev–Trinajstić information content (AvgIpc) is 3.58. The number of benzene rings is 2. The van der Waals surface area contributed by atoms with Crippen LogP contribution in [0.4, 0.5) is 18.9 Å². The number of alkyl halides is 3. The average molecular weight is 480 g/mol. The molecule has 0 saturated heterocycles. The van der Waals surface area contributed by atoms with Crippen molar-refractivity contribution < 1.29 is 26.4 Å². The zero-order valence-electron chi connectivity index (χ0n) is 17.7. The van der Waals surface area contributed by atoms with Crippen molar-refractivity contribution in [3.63, 3.8) is 0 Å². The van der Waals surface area contributed by atoms with E-state index in [0.717, 1.165) is 31.4 Å². The Labute approximate surface area is 190 Å². The number of hydrogen-bond acceptors (Lipinski definition) is 4. The van der Waals surface area contributed by atoms with Crippen molar-refractivity contribution >= 4 is 27.5 Å². The third-order valence-electron chi connectivity index (χ3n) is 5.83. The molecular formula is C23H24F3N3O3S. The van der Waals surface area contributed by atoms with E-state index in [1.54, 1.807) is 12.1 Å². The van der Waals surface area contributed by atoms with Gasteiger partial charge in [-0.15, -0.1) is 0 Å². The SMILES string of the molecule is O=C(Nc1cccc(S(=O)(=O)NC2=NCCCCC2)c1)C1CC1c1ccc(C(F)(F)F)cc1. The van der Waals surface area contributed by atoms with Crippen LogP contribution in [0.2, 0.25) is 0 Å². The lowest BCUT2D eigenvalue weighted by molar-refractivity contribution is -0.137. The van der Waals surface area contributed by atoms with Gasteiger partial charge in [-0.25, -0.2) is 8.42 Å². The normalized spacial score (nSPS) is 21.0. The van der Waals surface area contributed by atoms with E-state index in [4.69, 9.17) is 0 Å². The lowest BCUT2D eigenvalue weighted by Gasteiger charge is -2.11. The van der Waals surface area contributed by atoms with Crippen LogP contribution in [0.1, 0.15) is 49.1 Å². The quantitative estimate of drug-likeness (QED) is 0.652. The summed E-state index contributed by atoms with van der Waals surface area (Å²) in [5, 5.41) is 2.72. The molecule has 10 heteroatoms. The van der Waals surface area contributed by atoms with Gasteiger partial charge in [0.25, 0.3) is 10.0 Å². The number of nitrogens with zero attached hydrogens (tertiary/aromatic N) is 1. The zero-order valence-corrected chi connectivity index (χ0v) is 18.5. The molecule has 33 heavy (non-hydrogen) atoms. The number of sulfonamides is 1. The molecule has 6 nitrogen and oxygen atoms in total. The van der Waals surface area contributed by atoms with Crippen LogP contribution in [-0.4, -0.2) is 26.7 Å². The van der Waals surface area contributed by atoms with Crippen molar-refractivity contribution in [1.82, 2.24) is 4.72 Å². The Bertz CT molecular complexity index is 1160. The molecule has 1 aliphatic heterocycles. The van der Waals surface area contributed by atoms with Crippen LogP contribution < -0.4 is 10.0 Å². The lowest BCUT2D eigenvalue weighted by atomic mass is 10.1. The highest BCUT2D eigenvalue weighted by atomic mass is 32.2. The first-order valence-electron chi connectivity index (χ1n) is 10.8. The van der Waals surface area contributed by atoms with Gasteiger partial charge in [0.2, 0.25) is 5.91 Å². The number of carbonyl (C=O) groups is 1. The van der Waals surface area contributed by atoms with E-state index in [0.29, 0.717) is 36.5 Å². The molecule has 1 heterocycles. The smallest absolute Gasteiger partial charge is 0.326 e. The third-order valence-corrected chi connectivity index (χ3v) is 7.21. The topological polar surface area (TPSA) is 87.6 Å². The maximum atomic E-state index is 12.7. The number of aliphatic imine (C=N–C) groups is 1. The van der Waals surface area contributed by atoms with E-state index < -0.39 is 21.8 Å². The Hall–Kier alpha value is -2.88. The highest BCUT2D eigenvalue weighted by Crippen LogP contribution is 2.48. The summed E-state index contributed by atoms with van der Waals surface area (Å²) >= 11 is 0. The first-order chi connectivity index (χ1) is 15.6. The summed E-state index contributed by atoms with van der Waals surface area (Å²) in [6.45, 7) is 0.593. The Balaban J connectivity index is 1.39. The summed E-state index contributed by atoms with van der Waals surface area (Å²) in [6.07, 6.45) is -0.494. The number of carbonyl (C=O) groups excluding carboxylic acids is 1. The Kier molecular flexibility index (Phi) is 6.47. The van der Waals surface area contributed by atoms with E-state index in [1.165, 1.54) is 24.3 Å². The van der Waals surface area contributed by atoms with Gasteiger partial charge < -0.3 is 5.32 Å². The Morgan fingerprint density at radius 3 is 2.52 bits per heavy atom. The van der Waals surface area contributed by atoms with E-state index in [9.17, 15) is 26.4 Å². The molecule has 176 valence electrons. The molecule has 2 atom stereocenters. The van der Waals surface area contributed by atoms with Crippen molar-refractivity contribution in [2.75, 3.05) is 11.9 Å². The molecule has 2 unspecified atom stereocenters. The van der Waals surface area contributed by atoms with Gasteiger partial charge in [0.15, 0.2) is 0 Å². The van der Waals surface area contributed by atoms with Crippen molar-refractivity contribution in [3.05, 3.63) is 59.7 Å². The summed E-state index contributed by atoms with van der Waals surface area (Å²) in [7, 11) is -3.83. The van der Waals surface area contributed by atoms with Crippen molar-refractivity contribution in [1.29, 1.82) is 0 Å². The van der Waals surface area contributed by atoms with E-state index in [-0.39, 0.29) is 22.6 Å². The maximum absolute atomic E-state index is 12.7. The minimum absolute atomic E-state index is 0.0160. The molecule has 1 aliphatic carbocycles. The first-order valence-corrected chi connectivity index (χ1v) is 12.3. The minimum Gasteiger partial charge on any atom is -0.326 e. The number of amidine groups is 1. The minimum atomic E-state index is -4.40. The summed E-state index contributed by atoms with van der Waals surface area (Å²) in [6, 6.07) is 10.8. The molecular weight excluding hydrogens is 455 g/mol. The second-order valence-corrected chi connectivity index (χ2v) is 10.0. The molecule has 1 saturated carbocycles. The Morgan fingerprint density at radius 2 is 1.79 bits per heavy atom. The molecule has 0 spiro atoms. The van der Waals surface area contributed by atoms with Crippen LogP contribution in [0.3, 0.4) is 0 Å². The fourth-order valence-electron chi connectivity index (χ4n) is 3.92. The summed E-state index contributed by atoms with van der Waals surface area (Å²) in [5.41, 5.74) is 0.283. The molecule has 1 amide bonds. The van der Waals surface area contributed by atoms with E-state index in [1.807, 2.05) is 0 Å². The van der Waals surface area contributed by atoms with Crippen LogP contribution in [0.15, 0.2) is 58.4 Å². The number of hydrogen-bond donors (Lipinski definition) is 2. The second kappa shape index (κ2) is 9.17. The van der Waals surface area contributed by atoms with Gasteiger partial charge in [0, 0.05) is 24.6 Å². The van der Waals surface area contributed by atoms with E-state index in [2.05, 4.69) is 15.0 Å². The highest BCUT2D eigenvalue weighted by Gasteiger charge is 2.44. The fourth-order valence-corrected chi connectivity index (χ4v) is 5.05. The van der Waals surface area contributed by atoms with Crippen LogP contribution in [-0.2, 0) is 21.0 Å². The predicted molar refractivity (Wildman–Crippen MR) is 118 cm³/mol. The lowest BCUT2D eigenvalue weighted by Crippen LogP contribution is -2.30. The first kappa shape index (κ1) is 23.3. The van der Waals surface area contributed by atoms with Crippen molar-refractivity contribution in [2.45, 2.75) is 49.1 Å². The number of halogens is 3. The van der Waals surface area contributed by atoms with Gasteiger partial charge >= 0.3 is 6.18 Å². The summed E-state index contributed by atoms with van der Waals surface area (Å²) in [4.78, 5) is 16.9. The largest absolute Gasteiger partial charge is 0.416 e. The number of anilines is 1. The summed E-state index contributed by atoms with van der Waals surface area (Å²) < 4.78 is 66.2. The third kappa shape index (κ3) is 5.73. The fraction of sp³-hybridized carbons (Fsp3) is 0.391. The van der Waals surface area contributed by atoms with Gasteiger partial charge in [0.1, 0.15) is 5.84 Å². The molecule has 1 fully saturated rings. The van der Waals surface area contributed by atoms with Gasteiger partial charge in [0.05, 0.1) is 10.5 Å². The van der Waals surface area contributed by atoms with Crippen LogP contribution in [0.5, 0.6) is 0 Å². The molecule has 0 bridgehead atoms. The van der Waals surface area contributed by atoms with Crippen LogP contribution in [0.25, 0.3) is 0 Å². The Morgan fingerprint density at radius 1 is 1.03 bits per heavy atom. The van der Waals surface area contributed by atoms with Crippen LogP contribution >= 0.6 is 0 Å². The number of rotatable bonds is 5. The molecule has 0 aromatic heterocycles. The summed E-state index contributed by atoms with van der Waals surface area (Å²) in [5.74, 6) is -0.385. The molecule has 2 aliphatic rings. The van der Waals surface area contributed by atoms with Crippen molar-refractivity contribution in [2.24, 2.45) is 10.9 Å².